The van der Waals surface area contributed by atoms with E-state index in [1.807, 2.05) is 32.0 Å². The number of urea groups is 1. The Labute approximate surface area is 97.2 Å². The first kappa shape index (κ1) is 12.6. The number of hydrogen-bond donors (Lipinski definition) is 2. The van der Waals surface area contributed by atoms with Gasteiger partial charge in [0.2, 0.25) is 0 Å². The molecule has 2 N–H and O–H groups in total. The third kappa shape index (κ3) is 4.34. The molecule has 0 heterocycles. The molecule has 0 aromatic heterocycles. The van der Waals surface area contributed by atoms with Crippen LogP contribution < -0.4 is 10.6 Å². The van der Waals surface area contributed by atoms with Gasteiger partial charge in [-0.15, -0.1) is 0 Å². The number of nitrogens with one attached hydrogen (secondary N) is 2. The molecule has 0 aliphatic carbocycles. The van der Waals surface area contributed by atoms with Crippen molar-refractivity contribution in [3.8, 4) is 0 Å². The van der Waals surface area contributed by atoms with Gasteiger partial charge in [0.1, 0.15) is 0 Å². The van der Waals surface area contributed by atoms with Crippen LogP contribution in [-0.2, 0) is 0 Å². The highest BCUT2D eigenvalue weighted by Crippen LogP contribution is 2.12. The molecule has 16 heavy (non-hydrogen) atoms. The van der Waals surface area contributed by atoms with Crippen molar-refractivity contribution < 1.29 is 4.79 Å². The predicted molar refractivity (Wildman–Crippen MR) is 66.5 cm³/mol. The topological polar surface area (TPSA) is 41.1 Å². The van der Waals surface area contributed by atoms with Crippen LogP contribution in [0.3, 0.4) is 0 Å². The minimum Gasteiger partial charge on any atom is -0.338 e. The van der Waals surface area contributed by atoms with E-state index in [0.29, 0.717) is 12.5 Å². The van der Waals surface area contributed by atoms with Crippen molar-refractivity contribution in [2.45, 2.75) is 32.7 Å². The SMILES string of the molecule is CC(C)NC(=O)NCC(C)c1ccccc1. The minimum atomic E-state index is -0.0993. The second-order valence-corrected chi connectivity index (χ2v) is 4.32. The Bertz CT molecular complexity index is 322. The number of carbonyl (C=O) groups is 1. The van der Waals surface area contributed by atoms with E-state index in [0.717, 1.165) is 0 Å². The van der Waals surface area contributed by atoms with Crippen molar-refractivity contribution in [1.82, 2.24) is 10.6 Å². The standard InChI is InChI=1S/C13H20N2O/c1-10(2)15-13(16)14-9-11(3)12-7-5-4-6-8-12/h4-8,10-11H,9H2,1-3H3,(H2,14,15,16). The highest BCUT2D eigenvalue weighted by atomic mass is 16.2. The number of rotatable bonds is 4. The summed E-state index contributed by atoms with van der Waals surface area (Å²) in [7, 11) is 0. The second kappa shape index (κ2) is 6.16. The van der Waals surface area contributed by atoms with E-state index in [-0.39, 0.29) is 12.1 Å². The van der Waals surface area contributed by atoms with E-state index in [1.54, 1.807) is 0 Å². The molecule has 0 bridgehead atoms. The third-order valence-electron chi connectivity index (χ3n) is 2.36. The van der Waals surface area contributed by atoms with E-state index >= 15 is 0 Å². The third-order valence-corrected chi connectivity index (χ3v) is 2.36. The summed E-state index contributed by atoms with van der Waals surface area (Å²) in [4.78, 5) is 11.4. The Morgan fingerprint density at radius 3 is 2.38 bits per heavy atom. The van der Waals surface area contributed by atoms with Gasteiger partial charge >= 0.3 is 6.03 Å². The highest BCUT2D eigenvalue weighted by molar-refractivity contribution is 5.74. The van der Waals surface area contributed by atoms with Gasteiger partial charge in [0, 0.05) is 12.6 Å². The first-order valence-electron chi connectivity index (χ1n) is 5.69. The largest absolute Gasteiger partial charge is 0.338 e. The highest BCUT2D eigenvalue weighted by Gasteiger charge is 2.07. The maximum Gasteiger partial charge on any atom is 0.315 e. The summed E-state index contributed by atoms with van der Waals surface area (Å²) < 4.78 is 0. The summed E-state index contributed by atoms with van der Waals surface area (Å²) in [5, 5.41) is 5.66. The summed E-state index contributed by atoms with van der Waals surface area (Å²) in [6.07, 6.45) is 0. The monoisotopic (exact) mass is 220 g/mol. The van der Waals surface area contributed by atoms with Crippen LogP contribution in [0.2, 0.25) is 0 Å². The molecule has 1 aromatic carbocycles. The lowest BCUT2D eigenvalue weighted by atomic mass is 10.0. The van der Waals surface area contributed by atoms with Crippen molar-refractivity contribution in [3.63, 3.8) is 0 Å². The van der Waals surface area contributed by atoms with Crippen LogP contribution in [0.5, 0.6) is 0 Å². The lowest BCUT2D eigenvalue weighted by molar-refractivity contribution is 0.238. The molecule has 0 aliphatic rings. The van der Waals surface area contributed by atoms with Crippen LogP contribution >= 0.6 is 0 Å². The molecule has 3 nitrogen and oxygen atoms in total. The molecule has 1 unspecified atom stereocenters. The average Bonchev–Trinajstić information content (AvgIpc) is 2.26. The lowest BCUT2D eigenvalue weighted by Gasteiger charge is -2.14. The Morgan fingerprint density at radius 2 is 1.81 bits per heavy atom. The summed E-state index contributed by atoms with van der Waals surface area (Å²) in [6.45, 7) is 6.65. The van der Waals surface area contributed by atoms with Gasteiger partial charge in [-0.2, -0.15) is 0 Å². The van der Waals surface area contributed by atoms with Crippen LogP contribution in [0.4, 0.5) is 4.79 Å². The molecular formula is C13H20N2O. The molecule has 2 amide bonds. The van der Waals surface area contributed by atoms with Gasteiger partial charge in [0.25, 0.3) is 0 Å². The zero-order chi connectivity index (χ0) is 12.0. The molecule has 0 aliphatic heterocycles. The van der Waals surface area contributed by atoms with Crippen molar-refractivity contribution >= 4 is 6.03 Å². The van der Waals surface area contributed by atoms with Crippen LogP contribution in [-0.4, -0.2) is 18.6 Å². The maximum absolute atomic E-state index is 11.4. The van der Waals surface area contributed by atoms with E-state index < -0.39 is 0 Å². The number of carbonyl (C=O) groups excluding carboxylic acids is 1. The molecule has 1 atom stereocenters. The van der Waals surface area contributed by atoms with Crippen molar-refractivity contribution in [2.75, 3.05) is 6.54 Å². The van der Waals surface area contributed by atoms with Gasteiger partial charge in [-0.1, -0.05) is 37.3 Å². The fourth-order valence-corrected chi connectivity index (χ4v) is 1.46. The van der Waals surface area contributed by atoms with Crippen LogP contribution in [0.25, 0.3) is 0 Å². The second-order valence-electron chi connectivity index (χ2n) is 4.32. The zero-order valence-electron chi connectivity index (χ0n) is 10.2. The number of hydrogen-bond acceptors (Lipinski definition) is 1. The fraction of sp³-hybridized carbons (Fsp3) is 0.462. The average molecular weight is 220 g/mol. The Kier molecular flexibility index (Phi) is 4.83. The smallest absolute Gasteiger partial charge is 0.315 e. The van der Waals surface area contributed by atoms with Crippen molar-refractivity contribution in [3.05, 3.63) is 35.9 Å². The van der Waals surface area contributed by atoms with Crippen LogP contribution in [0.15, 0.2) is 30.3 Å². The first-order valence-corrected chi connectivity index (χ1v) is 5.69. The van der Waals surface area contributed by atoms with Gasteiger partial charge in [-0.05, 0) is 25.3 Å². The van der Waals surface area contributed by atoms with Crippen LogP contribution in [0.1, 0.15) is 32.3 Å². The van der Waals surface area contributed by atoms with E-state index in [9.17, 15) is 4.79 Å². The van der Waals surface area contributed by atoms with Gasteiger partial charge in [-0.3, -0.25) is 0 Å². The maximum atomic E-state index is 11.4. The van der Waals surface area contributed by atoms with E-state index in [2.05, 4.69) is 29.7 Å². The van der Waals surface area contributed by atoms with Gasteiger partial charge in [0.05, 0.1) is 0 Å². The predicted octanol–water partition coefficient (Wildman–Crippen LogP) is 2.50. The zero-order valence-corrected chi connectivity index (χ0v) is 10.2. The number of amides is 2. The normalized spacial score (nSPS) is 12.2. The van der Waals surface area contributed by atoms with Gasteiger partial charge in [-0.25, -0.2) is 4.79 Å². The molecule has 0 saturated heterocycles. The molecule has 88 valence electrons. The molecule has 3 heteroatoms. The summed E-state index contributed by atoms with van der Waals surface area (Å²) in [5.41, 5.74) is 1.24. The molecule has 0 radical (unpaired) electrons. The van der Waals surface area contributed by atoms with E-state index in [4.69, 9.17) is 0 Å². The fourth-order valence-electron chi connectivity index (χ4n) is 1.46. The molecule has 0 fully saturated rings. The van der Waals surface area contributed by atoms with Crippen molar-refractivity contribution in [1.29, 1.82) is 0 Å². The summed E-state index contributed by atoms with van der Waals surface area (Å²) >= 11 is 0. The van der Waals surface area contributed by atoms with Crippen molar-refractivity contribution in [2.24, 2.45) is 0 Å². The molecule has 0 spiro atoms. The summed E-state index contributed by atoms with van der Waals surface area (Å²) in [5.74, 6) is 0.333. The molecule has 0 saturated carbocycles. The molecule has 1 aromatic rings. The molecule has 1 rings (SSSR count). The van der Waals surface area contributed by atoms with E-state index in [1.165, 1.54) is 5.56 Å². The summed E-state index contributed by atoms with van der Waals surface area (Å²) in [6, 6.07) is 10.2. The van der Waals surface area contributed by atoms with Gasteiger partial charge in [0.15, 0.2) is 0 Å². The van der Waals surface area contributed by atoms with Crippen LogP contribution in [0, 0.1) is 0 Å². The number of benzene rings is 1. The quantitative estimate of drug-likeness (QED) is 0.804. The Hall–Kier alpha value is -1.51. The minimum absolute atomic E-state index is 0.0993. The first-order chi connectivity index (χ1) is 7.59. The Balaban J connectivity index is 2.36. The van der Waals surface area contributed by atoms with Gasteiger partial charge < -0.3 is 10.6 Å². The lowest BCUT2D eigenvalue weighted by Crippen LogP contribution is -2.40. The Morgan fingerprint density at radius 1 is 1.19 bits per heavy atom. The molecular weight excluding hydrogens is 200 g/mol.